The molecule has 0 aliphatic rings. The van der Waals surface area contributed by atoms with Crippen molar-refractivity contribution in [3.05, 3.63) is 12.2 Å². The molecule has 0 bridgehead atoms. The number of hydrogen-bond donors (Lipinski definition) is 1. The van der Waals surface area contributed by atoms with E-state index in [0.717, 1.165) is 5.57 Å². The molecule has 0 saturated heterocycles. The quantitative estimate of drug-likeness (QED) is 0.642. The Balaban J connectivity index is 4.14. The molecule has 0 rings (SSSR count). The number of carboxylic acids is 1. The maximum atomic E-state index is 10.6. The molecule has 0 aromatic heterocycles. The van der Waals surface area contributed by atoms with Crippen LogP contribution < -0.4 is 0 Å². The number of hydrogen-bond acceptors (Lipinski definition) is 2. The molecule has 0 amide bonds. The highest BCUT2D eigenvalue weighted by Gasteiger charge is 2.22. The zero-order valence-electron chi connectivity index (χ0n) is 7.83. The zero-order valence-corrected chi connectivity index (χ0v) is 7.83. The Kier molecular flexibility index (Phi) is 4.59. The van der Waals surface area contributed by atoms with E-state index < -0.39 is 11.9 Å². The van der Waals surface area contributed by atoms with Crippen LogP contribution >= 0.6 is 0 Å². The van der Waals surface area contributed by atoms with Gasteiger partial charge in [0.1, 0.15) is 0 Å². The van der Waals surface area contributed by atoms with Gasteiger partial charge >= 0.3 is 5.97 Å². The Hall–Kier alpha value is -0.830. The number of carboxylic acid groups (broad SMARTS) is 1. The lowest BCUT2D eigenvalue weighted by molar-refractivity contribution is -0.145. The molecule has 0 aliphatic heterocycles. The Morgan fingerprint density at radius 2 is 2.17 bits per heavy atom. The van der Waals surface area contributed by atoms with Gasteiger partial charge in [-0.2, -0.15) is 0 Å². The van der Waals surface area contributed by atoms with Gasteiger partial charge in [-0.05, 0) is 20.3 Å². The smallest absolute Gasteiger partial charge is 0.308 e. The van der Waals surface area contributed by atoms with Crippen molar-refractivity contribution >= 4 is 5.97 Å². The monoisotopic (exact) mass is 172 g/mol. The molecule has 0 fully saturated rings. The summed E-state index contributed by atoms with van der Waals surface area (Å²) in [4.78, 5) is 10.6. The first-order chi connectivity index (χ1) is 5.49. The number of carbonyl (C=O) groups is 1. The van der Waals surface area contributed by atoms with E-state index in [1.165, 1.54) is 7.11 Å². The first-order valence-electron chi connectivity index (χ1n) is 3.89. The third-order valence-electron chi connectivity index (χ3n) is 1.80. The van der Waals surface area contributed by atoms with Crippen molar-refractivity contribution in [3.8, 4) is 0 Å². The Morgan fingerprint density at radius 3 is 2.42 bits per heavy atom. The van der Waals surface area contributed by atoms with Gasteiger partial charge in [0.25, 0.3) is 0 Å². The highest BCUT2D eigenvalue weighted by atomic mass is 16.5. The van der Waals surface area contributed by atoms with Crippen LogP contribution in [-0.4, -0.2) is 24.3 Å². The second-order valence-corrected chi connectivity index (χ2v) is 3.06. The average molecular weight is 172 g/mol. The van der Waals surface area contributed by atoms with Gasteiger partial charge in [-0.1, -0.05) is 5.57 Å². The Bertz CT molecular complexity index is 175. The van der Waals surface area contributed by atoms with Crippen molar-refractivity contribution in [1.29, 1.82) is 0 Å². The lowest BCUT2D eigenvalue weighted by atomic mass is 9.99. The van der Waals surface area contributed by atoms with Crippen molar-refractivity contribution in [2.45, 2.75) is 26.4 Å². The van der Waals surface area contributed by atoms with Crippen LogP contribution in [0.25, 0.3) is 0 Å². The lowest BCUT2D eigenvalue weighted by Gasteiger charge is -2.18. The third-order valence-corrected chi connectivity index (χ3v) is 1.80. The van der Waals surface area contributed by atoms with Gasteiger partial charge in [0.2, 0.25) is 0 Å². The number of ether oxygens (including phenoxy) is 1. The molecule has 2 atom stereocenters. The molecular formula is C9H16O3. The zero-order chi connectivity index (χ0) is 9.72. The van der Waals surface area contributed by atoms with Gasteiger partial charge in [-0.25, -0.2) is 0 Å². The van der Waals surface area contributed by atoms with Crippen LogP contribution in [0, 0.1) is 5.92 Å². The summed E-state index contributed by atoms with van der Waals surface area (Å²) in [7, 11) is 1.52. The second-order valence-electron chi connectivity index (χ2n) is 3.06. The first kappa shape index (κ1) is 11.2. The molecule has 0 heterocycles. The van der Waals surface area contributed by atoms with E-state index in [0.29, 0.717) is 6.42 Å². The van der Waals surface area contributed by atoms with Crippen LogP contribution in [0.1, 0.15) is 20.3 Å². The molecule has 3 heteroatoms. The minimum absolute atomic E-state index is 0.264. The van der Waals surface area contributed by atoms with Crippen molar-refractivity contribution in [2.75, 3.05) is 7.11 Å². The highest BCUT2D eigenvalue weighted by Crippen LogP contribution is 2.14. The van der Waals surface area contributed by atoms with E-state index >= 15 is 0 Å². The van der Waals surface area contributed by atoms with Gasteiger partial charge < -0.3 is 9.84 Å². The topological polar surface area (TPSA) is 46.5 Å². The Morgan fingerprint density at radius 1 is 1.67 bits per heavy atom. The summed E-state index contributed by atoms with van der Waals surface area (Å²) < 4.78 is 5.04. The molecule has 0 saturated carbocycles. The molecule has 0 aromatic rings. The molecule has 0 aromatic carbocycles. The van der Waals surface area contributed by atoms with E-state index in [1.807, 2.05) is 6.92 Å². The fraction of sp³-hybridized carbons (Fsp3) is 0.667. The van der Waals surface area contributed by atoms with Crippen LogP contribution in [0.3, 0.4) is 0 Å². The van der Waals surface area contributed by atoms with Crippen LogP contribution in [-0.2, 0) is 9.53 Å². The predicted molar refractivity (Wildman–Crippen MR) is 47.0 cm³/mol. The fourth-order valence-corrected chi connectivity index (χ4v) is 0.967. The van der Waals surface area contributed by atoms with Gasteiger partial charge in [0.15, 0.2) is 0 Å². The van der Waals surface area contributed by atoms with Crippen molar-refractivity contribution in [3.63, 3.8) is 0 Å². The van der Waals surface area contributed by atoms with Gasteiger partial charge in [0, 0.05) is 7.11 Å². The van der Waals surface area contributed by atoms with Gasteiger partial charge in [-0.3, -0.25) is 4.79 Å². The summed E-state index contributed by atoms with van der Waals surface area (Å²) in [6, 6.07) is 0. The summed E-state index contributed by atoms with van der Waals surface area (Å²) in [5, 5.41) is 8.69. The van der Waals surface area contributed by atoms with Crippen LogP contribution in [0.4, 0.5) is 0 Å². The normalized spacial score (nSPS) is 15.2. The third kappa shape index (κ3) is 3.53. The number of aliphatic carboxylic acids is 1. The van der Waals surface area contributed by atoms with E-state index in [-0.39, 0.29) is 6.10 Å². The highest BCUT2D eigenvalue weighted by molar-refractivity contribution is 5.70. The second kappa shape index (κ2) is 4.93. The van der Waals surface area contributed by atoms with E-state index in [1.54, 1.807) is 6.92 Å². The van der Waals surface area contributed by atoms with E-state index in [9.17, 15) is 4.79 Å². The molecular weight excluding hydrogens is 156 g/mol. The SMILES string of the molecule is C=C(C)CC(OC)[C@H](C)C(=O)O. The summed E-state index contributed by atoms with van der Waals surface area (Å²) in [6.07, 6.45) is 0.337. The largest absolute Gasteiger partial charge is 0.481 e. The van der Waals surface area contributed by atoms with Crippen LogP contribution in [0.5, 0.6) is 0 Å². The maximum Gasteiger partial charge on any atom is 0.308 e. The molecule has 0 spiro atoms. The molecule has 1 N–H and O–H groups in total. The minimum atomic E-state index is -0.830. The number of rotatable bonds is 5. The first-order valence-corrected chi connectivity index (χ1v) is 3.89. The van der Waals surface area contributed by atoms with Crippen LogP contribution in [0.15, 0.2) is 12.2 Å². The molecule has 3 nitrogen and oxygen atoms in total. The summed E-state index contributed by atoms with van der Waals surface area (Å²) >= 11 is 0. The average Bonchev–Trinajstić information content (AvgIpc) is 1.98. The summed E-state index contributed by atoms with van der Waals surface area (Å²) in [6.45, 7) is 7.21. The fourth-order valence-electron chi connectivity index (χ4n) is 0.967. The molecule has 0 radical (unpaired) electrons. The number of methoxy groups -OCH3 is 1. The molecule has 70 valence electrons. The summed E-state index contributed by atoms with van der Waals surface area (Å²) in [5.41, 5.74) is 0.940. The summed E-state index contributed by atoms with van der Waals surface area (Å²) in [5.74, 6) is -1.31. The predicted octanol–water partition coefficient (Wildman–Crippen LogP) is 1.69. The molecule has 12 heavy (non-hydrogen) atoms. The van der Waals surface area contributed by atoms with Crippen molar-refractivity contribution in [2.24, 2.45) is 5.92 Å². The molecule has 1 unspecified atom stereocenters. The van der Waals surface area contributed by atoms with E-state index in [2.05, 4.69) is 6.58 Å². The van der Waals surface area contributed by atoms with Crippen molar-refractivity contribution < 1.29 is 14.6 Å². The van der Waals surface area contributed by atoms with Gasteiger partial charge in [0.05, 0.1) is 12.0 Å². The lowest BCUT2D eigenvalue weighted by Crippen LogP contribution is -2.27. The van der Waals surface area contributed by atoms with E-state index in [4.69, 9.17) is 9.84 Å². The van der Waals surface area contributed by atoms with Crippen LogP contribution in [0.2, 0.25) is 0 Å². The van der Waals surface area contributed by atoms with Gasteiger partial charge in [-0.15, -0.1) is 6.58 Å². The maximum absolute atomic E-state index is 10.6. The van der Waals surface area contributed by atoms with Crippen molar-refractivity contribution in [1.82, 2.24) is 0 Å². The standard InChI is InChI=1S/C9H16O3/c1-6(2)5-8(12-4)7(3)9(10)11/h7-8H,1,5H2,2-4H3,(H,10,11)/t7-,8?/m0/s1. The Labute approximate surface area is 73.0 Å². The molecule has 0 aliphatic carbocycles. The minimum Gasteiger partial charge on any atom is -0.481 e.